The zero-order valence-corrected chi connectivity index (χ0v) is 20.0. The molecular formula is C25H31NO3S2. The molecule has 4 nitrogen and oxygen atoms in total. The van der Waals surface area contributed by atoms with Crippen LogP contribution in [-0.4, -0.2) is 34.9 Å². The molecule has 0 saturated heterocycles. The summed E-state index contributed by atoms with van der Waals surface area (Å²) in [5, 5.41) is 3.99. The van der Waals surface area contributed by atoms with E-state index in [-0.39, 0.29) is 34.0 Å². The van der Waals surface area contributed by atoms with Crippen molar-refractivity contribution in [3.63, 3.8) is 0 Å². The van der Waals surface area contributed by atoms with Crippen molar-refractivity contribution in [1.29, 1.82) is 0 Å². The molecule has 31 heavy (non-hydrogen) atoms. The Morgan fingerprint density at radius 1 is 0.903 bits per heavy atom. The molecule has 3 rings (SSSR count). The minimum Gasteiger partial charge on any atom is -0.497 e. The fourth-order valence-corrected chi connectivity index (χ4v) is 5.87. The molecule has 0 amide bonds. The van der Waals surface area contributed by atoms with Crippen molar-refractivity contribution >= 4 is 39.4 Å². The maximum Gasteiger partial charge on any atom is 0.194 e. The molecule has 2 aromatic carbocycles. The van der Waals surface area contributed by atoms with Crippen molar-refractivity contribution < 1.29 is 14.3 Å². The summed E-state index contributed by atoms with van der Waals surface area (Å²) >= 11 is 2.75. The lowest BCUT2D eigenvalue weighted by atomic mass is 9.69. The van der Waals surface area contributed by atoms with Gasteiger partial charge in [-0.05, 0) is 60.1 Å². The second-order valence-corrected chi connectivity index (χ2v) is 10.2. The van der Waals surface area contributed by atoms with Crippen LogP contribution in [0.15, 0.2) is 54.6 Å². The number of ether oxygens (including phenoxy) is 1. The van der Waals surface area contributed by atoms with E-state index >= 15 is 0 Å². The van der Waals surface area contributed by atoms with Gasteiger partial charge in [0.2, 0.25) is 0 Å². The molecule has 0 bridgehead atoms. The first-order valence-electron chi connectivity index (χ1n) is 10.9. The molecule has 4 atom stereocenters. The second-order valence-electron chi connectivity index (χ2n) is 7.68. The second kappa shape index (κ2) is 11.6. The van der Waals surface area contributed by atoms with E-state index in [4.69, 9.17) is 4.74 Å². The van der Waals surface area contributed by atoms with Gasteiger partial charge in [-0.3, -0.25) is 9.59 Å². The normalized spacial score (nSPS) is 23.2. The number of anilines is 1. The smallest absolute Gasteiger partial charge is 0.194 e. The highest BCUT2D eigenvalue weighted by molar-refractivity contribution is 8.13. The summed E-state index contributed by atoms with van der Waals surface area (Å²) in [7, 11) is 1.65. The molecule has 166 valence electrons. The van der Waals surface area contributed by atoms with Crippen LogP contribution in [0.3, 0.4) is 0 Å². The average molecular weight is 458 g/mol. The number of rotatable bonds is 8. The van der Waals surface area contributed by atoms with E-state index in [0.29, 0.717) is 6.42 Å². The van der Waals surface area contributed by atoms with Crippen LogP contribution in [-0.2, 0) is 9.59 Å². The van der Waals surface area contributed by atoms with E-state index < -0.39 is 0 Å². The molecule has 1 aliphatic rings. The van der Waals surface area contributed by atoms with E-state index in [0.717, 1.165) is 29.4 Å². The van der Waals surface area contributed by atoms with E-state index in [1.807, 2.05) is 56.3 Å². The third-order valence-electron chi connectivity index (χ3n) is 5.84. The third kappa shape index (κ3) is 6.07. The third-order valence-corrected chi connectivity index (χ3v) is 7.59. The zero-order chi connectivity index (χ0) is 22.2. The Kier molecular flexibility index (Phi) is 8.90. The van der Waals surface area contributed by atoms with Crippen LogP contribution in [0.25, 0.3) is 0 Å². The summed E-state index contributed by atoms with van der Waals surface area (Å²) in [6, 6.07) is 18.0. The Balaban J connectivity index is 1.91. The highest BCUT2D eigenvalue weighted by Crippen LogP contribution is 2.45. The lowest BCUT2D eigenvalue weighted by Gasteiger charge is -2.41. The number of hydrogen-bond acceptors (Lipinski definition) is 6. The number of nitrogens with one attached hydrogen (secondary N) is 1. The van der Waals surface area contributed by atoms with E-state index in [2.05, 4.69) is 17.4 Å². The summed E-state index contributed by atoms with van der Waals surface area (Å²) < 4.78 is 5.26. The first-order valence-corrected chi connectivity index (χ1v) is 12.8. The number of carbonyl (C=O) groups is 2. The van der Waals surface area contributed by atoms with Crippen molar-refractivity contribution in [2.24, 2.45) is 11.8 Å². The predicted molar refractivity (Wildman–Crippen MR) is 132 cm³/mol. The monoisotopic (exact) mass is 457 g/mol. The topological polar surface area (TPSA) is 55.4 Å². The van der Waals surface area contributed by atoms with E-state index in [1.54, 1.807) is 7.11 Å². The van der Waals surface area contributed by atoms with Crippen LogP contribution in [0.1, 0.15) is 38.2 Å². The SMILES string of the molecule is CCSC(=O)C1CC(C(=O)SCC)C(c2ccccc2)CC1Nc1ccc(OC)cc1. The van der Waals surface area contributed by atoms with Gasteiger partial charge in [0.05, 0.1) is 7.11 Å². The van der Waals surface area contributed by atoms with Crippen LogP contribution in [0.5, 0.6) is 5.75 Å². The molecule has 4 unspecified atom stereocenters. The van der Waals surface area contributed by atoms with Crippen molar-refractivity contribution in [1.82, 2.24) is 0 Å². The number of hydrogen-bond donors (Lipinski definition) is 1. The Labute approximate surface area is 193 Å². The van der Waals surface area contributed by atoms with Crippen LogP contribution in [0.2, 0.25) is 0 Å². The van der Waals surface area contributed by atoms with E-state index in [9.17, 15) is 9.59 Å². The number of thioether (sulfide) groups is 2. The lowest BCUT2D eigenvalue weighted by molar-refractivity contribution is -0.119. The van der Waals surface area contributed by atoms with Gasteiger partial charge in [-0.15, -0.1) is 0 Å². The molecule has 0 aliphatic heterocycles. The highest BCUT2D eigenvalue weighted by atomic mass is 32.2. The summed E-state index contributed by atoms with van der Waals surface area (Å²) in [6.45, 7) is 4.01. The minimum atomic E-state index is -0.196. The van der Waals surface area contributed by atoms with Gasteiger partial charge in [0.15, 0.2) is 10.2 Å². The molecule has 1 fully saturated rings. The quantitative estimate of drug-likeness (QED) is 0.537. The maximum absolute atomic E-state index is 13.1. The molecule has 1 N–H and O–H groups in total. The van der Waals surface area contributed by atoms with Crippen LogP contribution in [0.4, 0.5) is 5.69 Å². The van der Waals surface area contributed by atoms with Gasteiger partial charge >= 0.3 is 0 Å². The first kappa shape index (κ1) is 23.7. The highest BCUT2D eigenvalue weighted by Gasteiger charge is 2.43. The number of carbonyl (C=O) groups excluding carboxylic acids is 2. The zero-order valence-electron chi connectivity index (χ0n) is 18.4. The Bertz CT molecular complexity index is 857. The van der Waals surface area contributed by atoms with Gasteiger partial charge in [0.1, 0.15) is 5.75 Å². The molecular weight excluding hydrogens is 426 g/mol. The predicted octanol–water partition coefficient (Wildman–Crippen LogP) is 5.85. The Morgan fingerprint density at radius 3 is 2.10 bits per heavy atom. The van der Waals surface area contributed by atoms with E-state index in [1.165, 1.54) is 29.1 Å². The molecule has 0 radical (unpaired) electrons. The standard InChI is InChI=1S/C25H31NO3S2/c1-4-30-24(27)21-15-22(25(28)31-5-2)23(16-20(21)17-9-7-6-8-10-17)26-18-11-13-19(29-3)14-12-18/h6-14,20-23,26H,4-5,15-16H2,1-3H3. The van der Waals surface area contributed by atoms with Gasteiger partial charge in [-0.25, -0.2) is 0 Å². The van der Waals surface area contributed by atoms with Gasteiger partial charge in [-0.1, -0.05) is 67.7 Å². The summed E-state index contributed by atoms with van der Waals surface area (Å²) in [6.07, 6.45) is 1.34. The molecule has 6 heteroatoms. The minimum absolute atomic E-state index is 0.0270. The fraction of sp³-hybridized carbons (Fsp3) is 0.440. The fourth-order valence-electron chi connectivity index (χ4n) is 4.35. The summed E-state index contributed by atoms with van der Waals surface area (Å²) in [4.78, 5) is 26.1. The maximum atomic E-state index is 13.1. The van der Waals surface area contributed by atoms with Crippen LogP contribution in [0, 0.1) is 11.8 Å². The first-order chi connectivity index (χ1) is 15.1. The Hall–Kier alpha value is -1.92. The molecule has 1 saturated carbocycles. The molecule has 1 aliphatic carbocycles. The van der Waals surface area contributed by atoms with Crippen LogP contribution >= 0.6 is 23.5 Å². The van der Waals surface area contributed by atoms with Crippen molar-refractivity contribution in [2.45, 2.75) is 38.6 Å². The Morgan fingerprint density at radius 2 is 1.52 bits per heavy atom. The van der Waals surface area contributed by atoms with Gasteiger partial charge in [0, 0.05) is 23.6 Å². The molecule has 0 aromatic heterocycles. The number of methoxy groups -OCH3 is 1. The van der Waals surface area contributed by atoms with Crippen molar-refractivity contribution in [2.75, 3.05) is 23.9 Å². The average Bonchev–Trinajstić information content (AvgIpc) is 2.80. The van der Waals surface area contributed by atoms with Gasteiger partial charge in [0.25, 0.3) is 0 Å². The van der Waals surface area contributed by atoms with Crippen molar-refractivity contribution in [3.8, 4) is 5.75 Å². The summed E-state index contributed by atoms with van der Waals surface area (Å²) in [5.41, 5.74) is 2.14. The largest absolute Gasteiger partial charge is 0.497 e. The molecule has 0 spiro atoms. The number of benzene rings is 2. The van der Waals surface area contributed by atoms with Crippen molar-refractivity contribution in [3.05, 3.63) is 60.2 Å². The van der Waals surface area contributed by atoms with Crippen LogP contribution < -0.4 is 10.1 Å². The van der Waals surface area contributed by atoms with Gasteiger partial charge in [-0.2, -0.15) is 0 Å². The lowest BCUT2D eigenvalue weighted by Crippen LogP contribution is -2.44. The molecule has 0 heterocycles. The van der Waals surface area contributed by atoms with Gasteiger partial charge < -0.3 is 10.1 Å². The summed E-state index contributed by atoms with van der Waals surface area (Å²) in [5.74, 6) is 2.06. The molecule has 2 aromatic rings.